The van der Waals surface area contributed by atoms with E-state index in [1.165, 1.54) is 19.3 Å². The minimum Gasteiger partial charge on any atom is -0.506 e. The maximum atomic E-state index is 13.1. The molecule has 1 saturated carbocycles. The van der Waals surface area contributed by atoms with Crippen molar-refractivity contribution in [3.8, 4) is 5.75 Å². The highest BCUT2D eigenvalue weighted by Gasteiger charge is 2.17. The first-order valence-corrected chi connectivity index (χ1v) is 10.0. The van der Waals surface area contributed by atoms with Crippen LogP contribution in [0.5, 0.6) is 5.75 Å². The van der Waals surface area contributed by atoms with Crippen molar-refractivity contribution in [2.45, 2.75) is 77.8 Å². The summed E-state index contributed by atoms with van der Waals surface area (Å²) in [5, 5.41) is 11.6. The van der Waals surface area contributed by atoms with Gasteiger partial charge in [0.2, 0.25) is 0 Å². The maximum Gasteiger partial charge on any atom is 0.263 e. The minimum absolute atomic E-state index is 0.0781. The van der Waals surface area contributed by atoms with Crippen LogP contribution in [-0.4, -0.2) is 21.9 Å². The van der Waals surface area contributed by atoms with E-state index in [1.54, 1.807) is 6.21 Å². The highest BCUT2D eigenvalue weighted by Crippen LogP contribution is 2.29. The molecule has 1 heterocycles. The number of aromatic hydroxyl groups is 1. The Morgan fingerprint density at radius 1 is 1.23 bits per heavy atom. The van der Waals surface area contributed by atoms with E-state index >= 15 is 0 Å². The first-order chi connectivity index (χ1) is 12.6. The van der Waals surface area contributed by atoms with Crippen LogP contribution in [0.4, 0.5) is 0 Å². The summed E-state index contributed by atoms with van der Waals surface area (Å²) in [7, 11) is 0. The predicted octanol–water partition coefficient (Wildman–Crippen LogP) is 4.96. The van der Waals surface area contributed by atoms with Gasteiger partial charge in [0, 0.05) is 24.2 Å². The number of hydrogen-bond donors (Lipinski definition) is 1. The largest absolute Gasteiger partial charge is 0.506 e. The highest BCUT2D eigenvalue weighted by molar-refractivity contribution is 5.96. The van der Waals surface area contributed by atoms with Gasteiger partial charge in [-0.1, -0.05) is 51.2 Å². The zero-order valence-electron chi connectivity index (χ0n) is 16.0. The second kappa shape index (κ2) is 8.52. The second-order valence-corrected chi connectivity index (χ2v) is 7.47. The van der Waals surface area contributed by atoms with Crippen LogP contribution >= 0.6 is 0 Å². The summed E-state index contributed by atoms with van der Waals surface area (Å²) >= 11 is 0. The number of unbranched alkanes of at least 4 members (excludes halogenated alkanes) is 2. The summed E-state index contributed by atoms with van der Waals surface area (Å²) in [5.74, 6) is 0.0781. The number of aromatic nitrogens is 1. The van der Waals surface area contributed by atoms with Crippen molar-refractivity contribution < 1.29 is 5.11 Å². The number of hydrogen-bond acceptors (Lipinski definition) is 3. The molecule has 0 radical (unpaired) electrons. The Morgan fingerprint density at radius 3 is 2.73 bits per heavy atom. The molecule has 0 saturated heterocycles. The molecule has 1 aromatic heterocycles. The van der Waals surface area contributed by atoms with Gasteiger partial charge in [-0.2, -0.15) is 0 Å². The Labute approximate surface area is 155 Å². The molecule has 0 bridgehead atoms. The van der Waals surface area contributed by atoms with Crippen LogP contribution in [0.2, 0.25) is 0 Å². The molecule has 1 aliphatic carbocycles. The lowest BCUT2D eigenvalue weighted by Gasteiger charge is -2.18. The third-order valence-electron chi connectivity index (χ3n) is 5.48. The van der Waals surface area contributed by atoms with Gasteiger partial charge in [-0.3, -0.25) is 9.79 Å². The van der Waals surface area contributed by atoms with Crippen LogP contribution in [0, 0.1) is 6.92 Å². The van der Waals surface area contributed by atoms with Crippen molar-refractivity contribution >= 4 is 17.1 Å². The number of fused-ring (bicyclic) bond motifs is 1. The maximum absolute atomic E-state index is 13.1. The number of aryl methyl sites for hydroxylation is 2. The van der Waals surface area contributed by atoms with Gasteiger partial charge < -0.3 is 9.67 Å². The molecular weight excluding hydrogens is 324 g/mol. The van der Waals surface area contributed by atoms with Crippen LogP contribution in [0.1, 0.15) is 69.4 Å². The summed E-state index contributed by atoms with van der Waals surface area (Å²) in [6.45, 7) is 4.81. The van der Waals surface area contributed by atoms with Crippen LogP contribution in [0.25, 0.3) is 10.9 Å². The fourth-order valence-electron chi connectivity index (χ4n) is 3.94. The monoisotopic (exact) mass is 354 g/mol. The molecular formula is C22H30N2O2. The molecule has 0 amide bonds. The van der Waals surface area contributed by atoms with E-state index in [0.29, 0.717) is 12.1 Å². The number of pyridine rings is 1. The number of nitrogens with zero attached hydrogens (tertiary/aromatic N) is 2. The van der Waals surface area contributed by atoms with Crippen molar-refractivity contribution in [3.05, 3.63) is 39.7 Å². The lowest BCUT2D eigenvalue weighted by molar-refractivity contribution is 0.444. The minimum atomic E-state index is -0.128. The van der Waals surface area contributed by atoms with Gasteiger partial charge in [-0.15, -0.1) is 0 Å². The van der Waals surface area contributed by atoms with Crippen LogP contribution in [-0.2, 0) is 6.54 Å². The average molecular weight is 354 g/mol. The molecule has 0 aliphatic heterocycles. The van der Waals surface area contributed by atoms with Gasteiger partial charge in [0.05, 0.1) is 5.52 Å². The molecule has 0 unspecified atom stereocenters. The Bertz CT molecular complexity index is 845. The summed E-state index contributed by atoms with van der Waals surface area (Å²) in [6.07, 6.45) is 10.6. The van der Waals surface area contributed by atoms with Gasteiger partial charge in [-0.05, 0) is 37.8 Å². The summed E-state index contributed by atoms with van der Waals surface area (Å²) in [5.41, 5.74) is 2.01. The molecule has 4 heteroatoms. The van der Waals surface area contributed by atoms with E-state index in [4.69, 9.17) is 0 Å². The van der Waals surface area contributed by atoms with Crippen molar-refractivity contribution in [3.63, 3.8) is 0 Å². The highest BCUT2D eigenvalue weighted by atomic mass is 16.3. The quantitative estimate of drug-likeness (QED) is 0.589. The fourth-order valence-corrected chi connectivity index (χ4v) is 3.94. The molecule has 4 nitrogen and oxygen atoms in total. The number of rotatable bonds is 6. The summed E-state index contributed by atoms with van der Waals surface area (Å²) < 4.78 is 1.82. The van der Waals surface area contributed by atoms with Crippen LogP contribution < -0.4 is 5.56 Å². The first-order valence-electron chi connectivity index (χ1n) is 10.0. The van der Waals surface area contributed by atoms with Crippen molar-refractivity contribution in [1.29, 1.82) is 0 Å². The van der Waals surface area contributed by atoms with Gasteiger partial charge in [0.1, 0.15) is 11.3 Å². The lowest BCUT2D eigenvalue weighted by atomic mass is 9.96. The molecule has 26 heavy (non-hydrogen) atoms. The summed E-state index contributed by atoms with van der Waals surface area (Å²) in [6, 6.07) is 6.13. The van der Waals surface area contributed by atoms with E-state index in [-0.39, 0.29) is 17.4 Å². The standard InChI is InChI=1S/C22H30N2O2/c1-3-4-8-14-24-19-13-9-10-16(2)20(19)21(25)18(22(24)26)15-23-17-11-6-5-7-12-17/h9-10,13,15,17,25H,3-8,11-12,14H2,1-2H3. The lowest BCUT2D eigenvalue weighted by Crippen LogP contribution is -2.25. The average Bonchev–Trinajstić information content (AvgIpc) is 2.65. The molecule has 2 aromatic rings. The molecule has 140 valence electrons. The van der Waals surface area contributed by atoms with Gasteiger partial charge in [-0.25, -0.2) is 0 Å². The molecule has 1 aromatic carbocycles. The number of benzene rings is 1. The normalized spacial score (nSPS) is 15.9. The van der Waals surface area contributed by atoms with E-state index in [2.05, 4.69) is 11.9 Å². The van der Waals surface area contributed by atoms with E-state index < -0.39 is 0 Å². The zero-order chi connectivity index (χ0) is 18.5. The second-order valence-electron chi connectivity index (χ2n) is 7.47. The summed E-state index contributed by atoms with van der Waals surface area (Å²) in [4.78, 5) is 17.7. The molecule has 0 atom stereocenters. The van der Waals surface area contributed by atoms with Crippen molar-refractivity contribution in [1.82, 2.24) is 4.57 Å². The van der Waals surface area contributed by atoms with Gasteiger partial charge >= 0.3 is 0 Å². The number of aliphatic imine (C=N–C) groups is 1. The van der Waals surface area contributed by atoms with Crippen LogP contribution in [0.3, 0.4) is 0 Å². The molecule has 1 N–H and O–H groups in total. The van der Waals surface area contributed by atoms with E-state index in [1.807, 2.05) is 29.7 Å². The fraction of sp³-hybridized carbons (Fsp3) is 0.545. The van der Waals surface area contributed by atoms with Crippen molar-refractivity contribution in [2.24, 2.45) is 4.99 Å². The molecule has 1 fully saturated rings. The first kappa shape index (κ1) is 18.7. The van der Waals surface area contributed by atoms with E-state index in [0.717, 1.165) is 48.6 Å². The Morgan fingerprint density at radius 2 is 2.00 bits per heavy atom. The Kier molecular flexibility index (Phi) is 6.12. The third-order valence-corrected chi connectivity index (χ3v) is 5.48. The van der Waals surface area contributed by atoms with E-state index in [9.17, 15) is 9.90 Å². The SMILES string of the molecule is CCCCCn1c(=O)c(C=NC2CCCCC2)c(O)c2c(C)cccc21. The van der Waals surface area contributed by atoms with Crippen LogP contribution in [0.15, 0.2) is 28.0 Å². The van der Waals surface area contributed by atoms with Crippen molar-refractivity contribution in [2.75, 3.05) is 0 Å². The molecule has 0 spiro atoms. The zero-order valence-corrected chi connectivity index (χ0v) is 16.0. The Hall–Kier alpha value is -2.10. The van der Waals surface area contributed by atoms with Gasteiger partial charge in [0.25, 0.3) is 5.56 Å². The third kappa shape index (κ3) is 3.84. The molecule has 1 aliphatic rings. The van der Waals surface area contributed by atoms with Gasteiger partial charge in [0.15, 0.2) is 0 Å². The molecule has 3 rings (SSSR count). The smallest absolute Gasteiger partial charge is 0.263 e. The Balaban J connectivity index is 2.08. The topological polar surface area (TPSA) is 54.6 Å². The predicted molar refractivity (Wildman–Crippen MR) is 109 cm³/mol.